The maximum atomic E-state index is 13.6. The van der Waals surface area contributed by atoms with Crippen molar-refractivity contribution in [2.45, 2.75) is 461 Å². The lowest BCUT2D eigenvalue weighted by atomic mass is 9.99. The monoisotopic (exact) mass is 1340 g/mol. The number of unbranched alkanes of at least 4 members (excludes halogenated alkanes) is 53. The van der Waals surface area contributed by atoms with Crippen molar-refractivity contribution in [3.05, 3.63) is 48.6 Å². The largest absolute Gasteiger partial charge is 0.454 e. The predicted octanol–water partition coefficient (Wildman–Crippen LogP) is 22.6. The molecule has 1 fully saturated rings. The fraction of sp³-hybridized carbons (Fsp3) is 0.881. The third-order valence-corrected chi connectivity index (χ3v) is 19.7. The van der Waals surface area contributed by atoms with Crippen LogP contribution in [0.15, 0.2) is 48.6 Å². The molecule has 0 saturated carbocycles. The Morgan fingerprint density at radius 3 is 1.11 bits per heavy atom. The summed E-state index contributed by atoms with van der Waals surface area (Å²) in [6, 6.07) is -1.02. The molecule has 8 unspecified atom stereocenters. The van der Waals surface area contributed by atoms with Crippen molar-refractivity contribution >= 4 is 11.9 Å². The number of allylic oxidation sites excluding steroid dienone is 7. The molecule has 0 bridgehead atoms. The second kappa shape index (κ2) is 71.4. The molecule has 558 valence electrons. The number of hydrogen-bond donors (Lipinski definition) is 6. The summed E-state index contributed by atoms with van der Waals surface area (Å²) >= 11 is 0. The minimum absolute atomic E-state index is 0.127. The standard InChI is InChI=1S/C84H157NO10/c1-4-7-10-13-16-19-22-25-27-29-31-33-35-37-39-41-43-45-47-49-51-54-57-60-63-66-69-72-79(89)95-82-81(91)80(90)78(73-86)94-84(82)93-74-75(76(87)70-67-64-61-58-55-52-24-21-18-15-12-9-6-3)85-83(92)77(88)71-68-65-62-59-56-53-50-48-46-44-42-40-38-36-34-32-30-28-26-23-20-17-14-11-8-5-2/h16,19,25-28,67,70,75-78,80-82,84,86-88,90-91H,4-15,17-18,20-24,29-66,68-69,71-74H2,1-3H3,(H,85,92)/b19-16-,27-25-,28-26+,70-67+. The Bertz CT molecular complexity index is 1740. The van der Waals surface area contributed by atoms with Crippen molar-refractivity contribution in [1.82, 2.24) is 5.32 Å². The topological polar surface area (TPSA) is 175 Å². The Morgan fingerprint density at radius 1 is 0.411 bits per heavy atom. The summed E-state index contributed by atoms with van der Waals surface area (Å²) in [5.41, 5.74) is 0. The molecule has 1 rings (SSSR count). The summed E-state index contributed by atoms with van der Waals surface area (Å²) < 4.78 is 17.8. The molecule has 0 radical (unpaired) electrons. The highest BCUT2D eigenvalue weighted by Gasteiger charge is 2.47. The summed E-state index contributed by atoms with van der Waals surface area (Å²) in [6.07, 6.45) is 81.7. The highest BCUT2D eigenvalue weighted by Crippen LogP contribution is 2.27. The number of rotatable bonds is 73. The number of carbonyl (C=O) groups is 2. The van der Waals surface area contributed by atoms with Gasteiger partial charge in [-0.15, -0.1) is 0 Å². The molecule has 0 aromatic carbocycles. The quantitative estimate of drug-likeness (QED) is 0.0195. The zero-order valence-corrected chi connectivity index (χ0v) is 62.6. The van der Waals surface area contributed by atoms with Gasteiger partial charge in [0, 0.05) is 6.42 Å². The van der Waals surface area contributed by atoms with Crippen LogP contribution in [0.4, 0.5) is 0 Å². The summed E-state index contributed by atoms with van der Waals surface area (Å²) in [6.45, 7) is 5.84. The molecular weight excluding hydrogens is 1180 g/mol. The maximum Gasteiger partial charge on any atom is 0.306 e. The number of carbonyl (C=O) groups excluding carboxylic acids is 2. The summed E-state index contributed by atoms with van der Waals surface area (Å²) in [5, 5.41) is 57.5. The zero-order chi connectivity index (χ0) is 68.8. The Hall–Kier alpha value is -2.38. The van der Waals surface area contributed by atoms with E-state index in [0.29, 0.717) is 19.3 Å². The van der Waals surface area contributed by atoms with Gasteiger partial charge in [0.25, 0.3) is 0 Å². The molecule has 11 nitrogen and oxygen atoms in total. The average molecular weight is 1340 g/mol. The van der Waals surface area contributed by atoms with E-state index in [1.165, 1.54) is 302 Å². The molecule has 1 saturated heterocycles. The van der Waals surface area contributed by atoms with Crippen molar-refractivity contribution in [2.24, 2.45) is 0 Å². The third kappa shape index (κ3) is 58.0. The van der Waals surface area contributed by atoms with Crippen LogP contribution in [0.5, 0.6) is 0 Å². The minimum Gasteiger partial charge on any atom is -0.454 e. The lowest BCUT2D eigenvalue weighted by molar-refractivity contribution is -0.305. The Labute approximate surface area is 586 Å². The van der Waals surface area contributed by atoms with Crippen LogP contribution in [-0.2, 0) is 23.8 Å². The first kappa shape index (κ1) is 90.6. The molecule has 1 aliphatic heterocycles. The van der Waals surface area contributed by atoms with E-state index in [4.69, 9.17) is 14.2 Å². The smallest absolute Gasteiger partial charge is 0.306 e. The predicted molar refractivity (Wildman–Crippen MR) is 403 cm³/mol. The lowest BCUT2D eigenvalue weighted by Crippen LogP contribution is -2.61. The average Bonchev–Trinajstić information content (AvgIpc) is 0.823. The van der Waals surface area contributed by atoms with Gasteiger partial charge in [0.2, 0.25) is 5.91 Å². The van der Waals surface area contributed by atoms with Gasteiger partial charge in [0.1, 0.15) is 24.4 Å². The van der Waals surface area contributed by atoms with E-state index in [0.717, 1.165) is 64.2 Å². The highest BCUT2D eigenvalue weighted by molar-refractivity contribution is 5.80. The molecule has 0 aromatic heterocycles. The van der Waals surface area contributed by atoms with Gasteiger partial charge in [-0.3, -0.25) is 9.59 Å². The zero-order valence-electron chi connectivity index (χ0n) is 62.6. The van der Waals surface area contributed by atoms with Crippen molar-refractivity contribution < 1.29 is 49.3 Å². The second-order valence-corrected chi connectivity index (χ2v) is 28.9. The normalized spacial score (nSPS) is 17.9. The second-order valence-electron chi connectivity index (χ2n) is 28.9. The Morgan fingerprint density at radius 2 is 0.726 bits per heavy atom. The van der Waals surface area contributed by atoms with Crippen LogP contribution in [0.1, 0.15) is 412 Å². The molecule has 0 aromatic rings. The number of hydrogen-bond acceptors (Lipinski definition) is 10. The van der Waals surface area contributed by atoms with Crippen LogP contribution in [0, 0.1) is 0 Å². The van der Waals surface area contributed by atoms with E-state index in [9.17, 15) is 35.1 Å². The number of nitrogens with one attached hydrogen (secondary N) is 1. The third-order valence-electron chi connectivity index (χ3n) is 19.7. The van der Waals surface area contributed by atoms with E-state index in [2.05, 4.69) is 62.5 Å². The molecule has 0 spiro atoms. The fourth-order valence-corrected chi connectivity index (χ4v) is 13.2. The lowest BCUT2D eigenvalue weighted by Gasteiger charge is -2.41. The molecule has 11 heteroatoms. The van der Waals surface area contributed by atoms with Gasteiger partial charge in [-0.05, 0) is 83.5 Å². The summed E-state index contributed by atoms with van der Waals surface area (Å²) in [5.74, 6) is -1.17. The van der Waals surface area contributed by atoms with Gasteiger partial charge < -0.3 is 45.1 Å². The first-order valence-electron chi connectivity index (χ1n) is 41.4. The number of ether oxygens (including phenoxy) is 3. The number of amides is 1. The van der Waals surface area contributed by atoms with E-state index in [-0.39, 0.29) is 13.0 Å². The van der Waals surface area contributed by atoms with E-state index in [1.807, 2.05) is 6.08 Å². The fourth-order valence-electron chi connectivity index (χ4n) is 13.2. The molecule has 6 N–H and O–H groups in total. The maximum absolute atomic E-state index is 13.6. The van der Waals surface area contributed by atoms with E-state index >= 15 is 0 Å². The summed E-state index contributed by atoms with van der Waals surface area (Å²) in [7, 11) is 0. The molecule has 1 aliphatic rings. The first-order valence-corrected chi connectivity index (χ1v) is 41.4. The molecule has 0 aliphatic carbocycles. The first-order chi connectivity index (χ1) is 46.7. The minimum atomic E-state index is -1.61. The van der Waals surface area contributed by atoms with Crippen LogP contribution < -0.4 is 5.32 Å². The van der Waals surface area contributed by atoms with Gasteiger partial charge in [-0.25, -0.2) is 0 Å². The van der Waals surface area contributed by atoms with Gasteiger partial charge in [-0.2, -0.15) is 0 Å². The van der Waals surface area contributed by atoms with E-state index in [1.54, 1.807) is 6.08 Å². The molecular formula is C84H157NO10. The SMILES string of the molecule is CCCCC/C=C\C/C=C\CCCCCCCCCCCCCCCCCCCC(=O)OC1C(OCC(NC(=O)C(O)CCCCCCCCCCCCCCCCCC/C=C/CCCCCCCC)C(O)/C=C/CCCCCCCCCCCCC)OC(CO)C(O)C1O. The Kier molecular flexibility index (Phi) is 68.2. The molecule has 1 heterocycles. The molecule has 8 atom stereocenters. The molecule has 1 amide bonds. The summed E-state index contributed by atoms with van der Waals surface area (Å²) in [4.78, 5) is 26.8. The van der Waals surface area contributed by atoms with Crippen LogP contribution >= 0.6 is 0 Å². The van der Waals surface area contributed by atoms with Gasteiger partial charge in [0.05, 0.1) is 25.4 Å². The van der Waals surface area contributed by atoms with Crippen LogP contribution in [0.2, 0.25) is 0 Å². The van der Waals surface area contributed by atoms with Gasteiger partial charge >= 0.3 is 5.97 Å². The number of aliphatic hydroxyl groups is 5. The van der Waals surface area contributed by atoms with Crippen molar-refractivity contribution in [3.63, 3.8) is 0 Å². The van der Waals surface area contributed by atoms with Crippen molar-refractivity contribution in [1.29, 1.82) is 0 Å². The number of aliphatic hydroxyl groups excluding tert-OH is 5. The van der Waals surface area contributed by atoms with Crippen LogP contribution in [-0.4, -0.2) is 99.6 Å². The highest BCUT2D eigenvalue weighted by atomic mass is 16.7. The van der Waals surface area contributed by atoms with E-state index < -0.39 is 67.4 Å². The van der Waals surface area contributed by atoms with Crippen LogP contribution in [0.25, 0.3) is 0 Å². The van der Waals surface area contributed by atoms with Crippen molar-refractivity contribution in [2.75, 3.05) is 13.2 Å². The van der Waals surface area contributed by atoms with Crippen LogP contribution in [0.3, 0.4) is 0 Å². The van der Waals surface area contributed by atoms with Crippen molar-refractivity contribution in [3.8, 4) is 0 Å². The number of esters is 1. The van der Waals surface area contributed by atoms with Gasteiger partial charge in [-0.1, -0.05) is 371 Å². The Balaban J connectivity index is 2.47. The molecule has 95 heavy (non-hydrogen) atoms. The van der Waals surface area contributed by atoms with Gasteiger partial charge in [0.15, 0.2) is 12.4 Å².